The first kappa shape index (κ1) is 23.1. The van der Waals surface area contributed by atoms with Crippen LogP contribution in [0, 0.1) is 12.8 Å². The van der Waals surface area contributed by atoms with E-state index < -0.39 is 10.0 Å². The van der Waals surface area contributed by atoms with Crippen molar-refractivity contribution in [3.05, 3.63) is 29.3 Å². The van der Waals surface area contributed by atoms with E-state index in [4.69, 9.17) is 0 Å². The number of rotatable bonds is 6. The Balaban J connectivity index is 0.00000280. The summed E-state index contributed by atoms with van der Waals surface area (Å²) in [6.07, 6.45) is 4.93. The van der Waals surface area contributed by atoms with Gasteiger partial charge < -0.3 is 10.6 Å². The SMILES string of the molecule is Cc1ccc(S(=O)(=O)N2CCCCC2C)cc1C(=O)NCCC1CCNC1.Cl. The van der Waals surface area contributed by atoms with Crippen LogP contribution in [0.4, 0.5) is 0 Å². The number of piperidine rings is 1. The highest BCUT2D eigenvalue weighted by atomic mass is 35.5. The predicted octanol–water partition coefficient (Wildman–Crippen LogP) is 2.71. The first-order chi connectivity index (χ1) is 12.9. The van der Waals surface area contributed by atoms with Gasteiger partial charge in [0.15, 0.2) is 0 Å². The summed E-state index contributed by atoms with van der Waals surface area (Å²) in [5.41, 5.74) is 1.24. The second kappa shape index (κ2) is 10.1. The quantitative estimate of drug-likeness (QED) is 0.728. The number of hydrogen-bond donors (Lipinski definition) is 2. The molecule has 2 heterocycles. The number of hydrogen-bond acceptors (Lipinski definition) is 4. The Morgan fingerprint density at radius 1 is 1.29 bits per heavy atom. The van der Waals surface area contributed by atoms with Crippen molar-refractivity contribution in [3.63, 3.8) is 0 Å². The third-order valence-corrected chi connectivity index (χ3v) is 7.81. The van der Waals surface area contributed by atoms with E-state index in [0.717, 1.165) is 50.8 Å². The van der Waals surface area contributed by atoms with Gasteiger partial charge in [0.05, 0.1) is 4.90 Å². The highest BCUT2D eigenvalue weighted by Crippen LogP contribution is 2.26. The summed E-state index contributed by atoms with van der Waals surface area (Å²) < 4.78 is 27.7. The van der Waals surface area contributed by atoms with Gasteiger partial charge in [-0.05, 0) is 76.2 Å². The monoisotopic (exact) mass is 429 g/mol. The molecular formula is C20H32ClN3O3S. The minimum Gasteiger partial charge on any atom is -0.352 e. The Kier molecular flexibility index (Phi) is 8.30. The van der Waals surface area contributed by atoms with Crippen molar-refractivity contribution < 1.29 is 13.2 Å². The van der Waals surface area contributed by atoms with Gasteiger partial charge in [-0.2, -0.15) is 4.31 Å². The Bertz CT molecular complexity index is 779. The summed E-state index contributed by atoms with van der Waals surface area (Å²) in [6, 6.07) is 4.89. The summed E-state index contributed by atoms with van der Waals surface area (Å²) >= 11 is 0. The fourth-order valence-electron chi connectivity index (χ4n) is 4.02. The fraction of sp³-hybridized carbons (Fsp3) is 0.650. The molecule has 2 atom stereocenters. The standard InChI is InChI=1S/C20H31N3O3S.ClH/c1-15-6-7-18(27(25,26)23-12-4-3-5-16(23)2)13-19(15)20(24)22-11-9-17-8-10-21-14-17;/h6-7,13,16-17,21H,3-5,8-12,14H2,1-2H3,(H,22,24);1H. The maximum atomic E-state index is 13.1. The molecule has 6 nitrogen and oxygen atoms in total. The molecule has 28 heavy (non-hydrogen) atoms. The summed E-state index contributed by atoms with van der Waals surface area (Å²) in [4.78, 5) is 12.8. The van der Waals surface area contributed by atoms with Crippen molar-refractivity contribution in [1.82, 2.24) is 14.9 Å². The smallest absolute Gasteiger partial charge is 0.251 e. The Morgan fingerprint density at radius 2 is 2.07 bits per heavy atom. The highest BCUT2D eigenvalue weighted by molar-refractivity contribution is 7.89. The normalized spacial score (nSPS) is 23.2. The summed E-state index contributed by atoms with van der Waals surface area (Å²) in [5.74, 6) is 0.417. The van der Waals surface area contributed by atoms with Crippen LogP contribution in [0.5, 0.6) is 0 Å². The highest BCUT2D eigenvalue weighted by Gasteiger charge is 2.31. The molecule has 2 aliphatic heterocycles. The topological polar surface area (TPSA) is 78.5 Å². The molecule has 158 valence electrons. The van der Waals surface area contributed by atoms with E-state index in [2.05, 4.69) is 10.6 Å². The maximum Gasteiger partial charge on any atom is 0.251 e. The molecule has 3 rings (SSSR count). The van der Waals surface area contributed by atoms with Gasteiger partial charge in [0.1, 0.15) is 0 Å². The number of halogens is 1. The van der Waals surface area contributed by atoms with Crippen LogP contribution in [0.3, 0.4) is 0 Å². The molecule has 2 saturated heterocycles. The third-order valence-electron chi connectivity index (χ3n) is 5.80. The predicted molar refractivity (Wildman–Crippen MR) is 114 cm³/mol. The van der Waals surface area contributed by atoms with Crippen LogP contribution < -0.4 is 10.6 Å². The minimum atomic E-state index is -3.57. The van der Waals surface area contributed by atoms with Crippen LogP contribution in [0.25, 0.3) is 0 Å². The molecule has 1 amide bonds. The number of nitrogens with one attached hydrogen (secondary N) is 2. The van der Waals surface area contributed by atoms with Crippen LogP contribution >= 0.6 is 12.4 Å². The van der Waals surface area contributed by atoms with E-state index in [9.17, 15) is 13.2 Å². The van der Waals surface area contributed by atoms with Gasteiger partial charge in [0.25, 0.3) is 5.91 Å². The maximum absolute atomic E-state index is 13.1. The molecule has 1 aromatic carbocycles. The van der Waals surface area contributed by atoms with Crippen LogP contribution in [-0.2, 0) is 10.0 Å². The number of sulfonamides is 1. The van der Waals surface area contributed by atoms with Crippen molar-refractivity contribution in [1.29, 1.82) is 0 Å². The molecule has 8 heteroatoms. The zero-order chi connectivity index (χ0) is 19.4. The summed E-state index contributed by atoms with van der Waals surface area (Å²) in [5, 5.41) is 6.28. The molecule has 2 fully saturated rings. The van der Waals surface area contributed by atoms with E-state index in [-0.39, 0.29) is 29.3 Å². The second-order valence-corrected chi connectivity index (χ2v) is 9.73. The van der Waals surface area contributed by atoms with Gasteiger partial charge in [0.2, 0.25) is 10.0 Å². The molecule has 0 spiro atoms. The first-order valence-electron chi connectivity index (χ1n) is 10.0. The lowest BCUT2D eigenvalue weighted by Crippen LogP contribution is -2.42. The average molecular weight is 430 g/mol. The first-order valence-corrected chi connectivity index (χ1v) is 11.4. The van der Waals surface area contributed by atoms with E-state index in [0.29, 0.717) is 24.6 Å². The molecule has 2 N–H and O–H groups in total. The molecule has 0 radical (unpaired) electrons. The lowest BCUT2D eigenvalue weighted by Gasteiger charge is -2.32. The number of nitrogens with zero attached hydrogens (tertiary/aromatic N) is 1. The van der Waals surface area contributed by atoms with E-state index in [1.165, 1.54) is 0 Å². The molecule has 1 aromatic rings. The lowest BCUT2D eigenvalue weighted by atomic mass is 10.0. The molecule has 0 aliphatic carbocycles. The van der Waals surface area contributed by atoms with Gasteiger partial charge in [-0.3, -0.25) is 4.79 Å². The van der Waals surface area contributed by atoms with Gasteiger partial charge >= 0.3 is 0 Å². The lowest BCUT2D eigenvalue weighted by molar-refractivity contribution is 0.0951. The van der Waals surface area contributed by atoms with Crippen molar-refractivity contribution in [2.45, 2.75) is 56.9 Å². The van der Waals surface area contributed by atoms with Crippen LogP contribution in [-0.4, -0.2) is 50.9 Å². The molecular weight excluding hydrogens is 398 g/mol. The largest absolute Gasteiger partial charge is 0.352 e. The van der Waals surface area contributed by atoms with Gasteiger partial charge in [-0.25, -0.2) is 8.42 Å². The number of amides is 1. The number of carbonyl (C=O) groups is 1. The minimum absolute atomic E-state index is 0. The number of benzene rings is 1. The molecule has 2 aliphatic rings. The van der Waals surface area contributed by atoms with Crippen molar-refractivity contribution in [2.24, 2.45) is 5.92 Å². The van der Waals surface area contributed by atoms with E-state index in [1.54, 1.807) is 22.5 Å². The second-order valence-electron chi connectivity index (χ2n) is 7.84. The van der Waals surface area contributed by atoms with E-state index in [1.807, 2.05) is 13.8 Å². The third kappa shape index (κ3) is 5.26. The Hall–Kier alpha value is -1.15. The van der Waals surface area contributed by atoms with Crippen LogP contribution in [0.15, 0.2) is 23.1 Å². The summed E-state index contributed by atoms with van der Waals surface area (Å²) in [6.45, 7) is 7.02. The average Bonchev–Trinajstić information content (AvgIpc) is 3.15. The molecule has 0 bridgehead atoms. The van der Waals surface area contributed by atoms with Gasteiger partial charge in [0, 0.05) is 24.7 Å². The van der Waals surface area contributed by atoms with E-state index >= 15 is 0 Å². The van der Waals surface area contributed by atoms with Crippen molar-refractivity contribution in [2.75, 3.05) is 26.2 Å². The Labute approximate surface area is 174 Å². The van der Waals surface area contributed by atoms with Gasteiger partial charge in [-0.15, -0.1) is 12.4 Å². The molecule has 2 unspecified atom stereocenters. The molecule has 0 aromatic heterocycles. The van der Waals surface area contributed by atoms with Crippen LogP contribution in [0.2, 0.25) is 0 Å². The zero-order valence-corrected chi connectivity index (χ0v) is 18.4. The van der Waals surface area contributed by atoms with Crippen molar-refractivity contribution in [3.8, 4) is 0 Å². The number of aryl methyl sites for hydroxylation is 1. The van der Waals surface area contributed by atoms with Crippen LogP contribution in [0.1, 0.15) is 54.9 Å². The van der Waals surface area contributed by atoms with Crippen molar-refractivity contribution >= 4 is 28.3 Å². The Morgan fingerprint density at radius 3 is 2.75 bits per heavy atom. The fourth-order valence-corrected chi connectivity index (χ4v) is 5.74. The summed E-state index contributed by atoms with van der Waals surface area (Å²) in [7, 11) is -3.57. The van der Waals surface area contributed by atoms with Gasteiger partial charge in [-0.1, -0.05) is 12.5 Å². The zero-order valence-electron chi connectivity index (χ0n) is 16.7. The molecule has 0 saturated carbocycles. The number of carbonyl (C=O) groups excluding carboxylic acids is 1.